The first-order valence-electron chi connectivity index (χ1n) is 5.57. The van der Waals surface area contributed by atoms with Gasteiger partial charge in [-0.1, -0.05) is 13.3 Å². The van der Waals surface area contributed by atoms with Gasteiger partial charge >= 0.3 is 0 Å². The number of piperazine rings is 1. The fraction of sp³-hybridized carbons (Fsp3) is 0.900. The molecule has 92 valence electrons. The molecule has 1 fully saturated rings. The van der Waals surface area contributed by atoms with E-state index < -0.39 is 10.0 Å². The third kappa shape index (κ3) is 3.44. The van der Waals surface area contributed by atoms with E-state index in [9.17, 15) is 8.42 Å². The van der Waals surface area contributed by atoms with Gasteiger partial charge in [0.25, 0.3) is 0 Å². The summed E-state index contributed by atoms with van der Waals surface area (Å²) >= 11 is 0. The van der Waals surface area contributed by atoms with Crippen molar-refractivity contribution in [1.82, 2.24) is 9.21 Å². The van der Waals surface area contributed by atoms with Gasteiger partial charge in [0.1, 0.15) is 0 Å². The maximum atomic E-state index is 11.3. The Bertz CT molecular complexity index is 353. The highest BCUT2D eigenvalue weighted by Crippen LogP contribution is 2.12. The number of hydrogen-bond donors (Lipinski definition) is 0. The van der Waals surface area contributed by atoms with Crippen LogP contribution < -0.4 is 0 Å². The van der Waals surface area contributed by atoms with Crippen molar-refractivity contribution < 1.29 is 8.42 Å². The van der Waals surface area contributed by atoms with Crippen LogP contribution >= 0.6 is 0 Å². The predicted octanol–water partition coefficient (Wildman–Crippen LogP) is 0.256. The minimum absolute atomic E-state index is 0.0632. The van der Waals surface area contributed by atoms with Crippen molar-refractivity contribution >= 4 is 10.0 Å². The lowest BCUT2D eigenvalue weighted by atomic mass is 10.1. The normalized spacial score (nSPS) is 21.6. The molecule has 1 aliphatic heterocycles. The second kappa shape index (κ2) is 5.62. The van der Waals surface area contributed by atoms with Gasteiger partial charge in [0.2, 0.25) is 10.0 Å². The van der Waals surface area contributed by atoms with Crippen LogP contribution in [0.15, 0.2) is 0 Å². The molecule has 0 aromatic rings. The topological polar surface area (TPSA) is 64.4 Å². The molecule has 0 aromatic carbocycles. The minimum atomic E-state index is -3.07. The summed E-state index contributed by atoms with van der Waals surface area (Å²) < 4.78 is 24.1. The zero-order chi connectivity index (χ0) is 12.2. The molecule has 0 saturated carbocycles. The summed E-state index contributed by atoms with van der Waals surface area (Å²) in [6.07, 6.45) is 3.07. The fourth-order valence-electron chi connectivity index (χ4n) is 1.95. The van der Waals surface area contributed by atoms with E-state index in [1.807, 2.05) is 0 Å². The molecular formula is C10H19N3O2S. The Hall–Kier alpha value is -0.640. The lowest BCUT2D eigenvalue weighted by Crippen LogP contribution is -2.51. The van der Waals surface area contributed by atoms with E-state index in [1.54, 1.807) is 0 Å². The van der Waals surface area contributed by atoms with Crippen molar-refractivity contribution in [2.45, 2.75) is 25.8 Å². The van der Waals surface area contributed by atoms with Gasteiger partial charge in [0.15, 0.2) is 0 Å². The molecule has 1 saturated heterocycles. The summed E-state index contributed by atoms with van der Waals surface area (Å²) in [6, 6.07) is 2.22. The molecule has 0 radical (unpaired) electrons. The first-order valence-corrected chi connectivity index (χ1v) is 7.42. The minimum Gasteiger partial charge on any atom is -0.285 e. The smallest absolute Gasteiger partial charge is 0.211 e. The van der Waals surface area contributed by atoms with Crippen molar-refractivity contribution in [2.24, 2.45) is 0 Å². The van der Waals surface area contributed by atoms with Crippen molar-refractivity contribution in [3.05, 3.63) is 0 Å². The molecule has 0 spiro atoms. The summed E-state index contributed by atoms with van der Waals surface area (Å²) in [5.74, 6) is 0. The maximum absolute atomic E-state index is 11.3. The van der Waals surface area contributed by atoms with Crippen LogP contribution in [0.5, 0.6) is 0 Å². The molecular weight excluding hydrogens is 226 g/mol. The molecule has 1 heterocycles. The first-order chi connectivity index (χ1) is 7.49. The van der Waals surface area contributed by atoms with Crippen LogP contribution in [0.25, 0.3) is 0 Å². The van der Waals surface area contributed by atoms with Crippen molar-refractivity contribution in [1.29, 1.82) is 5.26 Å². The summed E-state index contributed by atoms with van der Waals surface area (Å²) in [6.45, 7) is 4.37. The molecule has 0 bridgehead atoms. The van der Waals surface area contributed by atoms with E-state index in [-0.39, 0.29) is 6.04 Å². The maximum Gasteiger partial charge on any atom is 0.211 e. The summed E-state index contributed by atoms with van der Waals surface area (Å²) in [5, 5.41) is 9.01. The lowest BCUT2D eigenvalue weighted by Gasteiger charge is -2.35. The summed E-state index contributed by atoms with van der Waals surface area (Å²) in [4.78, 5) is 2.07. The van der Waals surface area contributed by atoms with Crippen LogP contribution in [0.1, 0.15) is 19.8 Å². The Balaban J connectivity index is 2.52. The van der Waals surface area contributed by atoms with E-state index in [4.69, 9.17) is 5.26 Å². The van der Waals surface area contributed by atoms with Gasteiger partial charge in [0.05, 0.1) is 18.4 Å². The molecule has 1 aliphatic rings. The first kappa shape index (κ1) is 13.4. The summed E-state index contributed by atoms with van der Waals surface area (Å²) in [7, 11) is -3.07. The van der Waals surface area contributed by atoms with Gasteiger partial charge in [-0.25, -0.2) is 8.42 Å². The van der Waals surface area contributed by atoms with Crippen LogP contribution in [0.2, 0.25) is 0 Å². The average molecular weight is 245 g/mol. The molecule has 0 aliphatic carbocycles. The van der Waals surface area contributed by atoms with Gasteiger partial charge in [-0.3, -0.25) is 4.90 Å². The van der Waals surface area contributed by atoms with Crippen LogP contribution in [0, 0.1) is 11.3 Å². The van der Waals surface area contributed by atoms with Crippen molar-refractivity contribution in [2.75, 3.05) is 32.4 Å². The molecule has 16 heavy (non-hydrogen) atoms. The molecule has 1 rings (SSSR count). The Labute approximate surface area is 97.7 Å². The average Bonchev–Trinajstić information content (AvgIpc) is 2.25. The predicted molar refractivity (Wildman–Crippen MR) is 62.3 cm³/mol. The molecule has 0 aromatic heterocycles. The molecule has 0 amide bonds. The Morgan fingerprint density at radius 2 is 1.88 bits per heavy atom. The fourth-order valence-corrected chi connectivity index (χ4v) is 2.78. The zero-order valence-corrected chi connectivity index (χ0v) is 10.7. The SMILES string of the molecule is CCCC(C#N)N1CCN(S(C)(=O)=O)CC1. The monoisotopic (exact) mass is 245 g/mol. The van der Waals surface area contributed by atoms with E-state index in [0.717, 1.165) is 12.8 Å². The number of hydrogen-bond acceptors (Lipinski definition) is 4. The Morgan fingerprint density at radius 3 is 2.25 bits per heavy atom. The van der Waals surface area contributed by atoms with Crippen LogP contribution in [-0.4, -0.2) is 56.1 Å². The van der Waals surface area contributed by atoms with E-state index in [2.05, 4.69) is 17.9 Å². The van der Waals surface area contributed by atoms with Crippen LogP contribution in [0.3, 0.4) is 0 Å². The quantitative estimate of drug-likeness (QED) is 0.712. The third-order valence-corrected chi connectivity index (χ3v) is 4.20. The highest BCUT2D eigenvalue weighted by Gasteiger charge is 2.26. The molecule has 1 atom stereocenters. The van der Waals surface area contributed by atoms with Crippen LogP contribution in [-0.2, 0) is 10.0 Å². The Kier molecular flexibility index (Phi) is 4.71. The number of nitriles is 1. The number of nitrogens with zero attached hydrogens (tertiary/aromatic N) is 3. The van der Waals surface area contributed by atoms with Gasteiger partial charge in [-0.2, -0.15) is 9.57 Å². The van der Waals surface area contributed by atoms with Gasteiger partial charge in [0, 0.05) is 26.2 Å². The number of rotatable bonds is 4. The van der Waals surface area contributed by atoms with E-state index >= 15 is 0 Å². The Morgan fingerprint density at radius 1 is 1.31 bits per heavy atom. The number of sulfonamides is 1. The van der Waals surface area contributed by atoms with Crippen molar-refractivity contribution in [3.8, 4) is 6.07 Å². The van der Waals surface area contributed by atoms with Gasteiger partial charge < -0.3 is 0 Å². The molecule has 6 heteroatoms. The van der Waals surface area contributed by atoms with Crippen molar-refractivity contribution in [3.63, 3.8) is 0 Å². The summed E-state index contributed by atoms with van der Waals surface area (Å²) in [5.41, 5.74) is 0. The highest BCUT2D eigenvalue weighted by molar-refractivity contribution is 7.88. The second-order valence-corrected chi connectivity index (χ2v) is 6.11. The van der Waals surface area contributed by atoms with Gasteiger partial charge in [-0.05, 0) is 6.42 Å². The van der Waals surface area contributed by atoms with E-state index in [0.29, 0.717) is 26.2 Å². The van der Waals surface area contributed by atoms with Gasteiger partial charge in [-0.15, -0.1) is 0 Å². The third-order valence-electron chi connectivity index (χ3n) is 2.89. The second-order valence-electron chi connectivity index (χ2n) is 4.13. The molecule has 0 N–H and O–H groups in total. The lowest BCUT2D eigenvalue weighted by molar-refractivity contribution is 0.157. The highest BCUT2D eigenvalue weighted by atomic mass is 32.2. The standard InChI is InChI=1S/C10H19N3O2S/c1-3-4-10(9-11)12-5-7-13(8-6-12)16(2,14)15/h10H,3-8H2,1-2H3. The van der Waals surface area contributed by atoms with Crippen LogP contribution in [0.4, 0.5) is 0 Å². The van der Waals surface area contributed by atoms with E-state index in [1.165, 1.54) is 10.6 Å². The molecule has 5 nitrogen and oxygen atoms in total. The molecule has 1 unspecified atom stereocenters. The zero-order valence-electron chi connectivity index (χ0n) is 9.89. The largest absolute Gasteiger partial charge is 0.285 e.